The lowest BCUT2D eigenvalue weighted by Crippen LogP contribution is -2.32. The van der Waals surface area contributed by atoms with E-state index in [0.717, 1.165) is 12.2 Å². The molecule has 0 fully saturated rings. The molecule has 2 N–H and O–H groups in total. The molecule has 8 nitrogen and oxygen atoms in total. The van der Waals surface area contributed by atoms with E-state index in [1.807, 2.05) is 37.2 Å². The third-order valence-corrected chi connectivity index (χ3v) is 3.56. The van der Waals surface area contributed by atoms with E-state index in [9.17, 15) is 4.79 Å². The number of aryl methyl sites for hydroxylation is 1. The Bertz CT molecular complexity index is 779. The van der Waals surface area contributed by atoms with Gasteiger partial charge in [-0.05, 0) is 33.2 Å². The van der Waals surface area contributed by atoms with E-state index in [1.54, 1.807) is 13.0 Å². The number of nitrogens with one attached hydrogen (secondary N) is 2. The van der Waals surface area contributed by atoms with Crippen molar-refractivity contribution in [1.29, 1.82) is 0 Å². The maximum atomic E-state index is 12.3. The molecule has 0 saturated heterocycles. The molecule has 1 aliphatic rings. The number of hydrogen-bond donors (Lipinski definition) is 2. The van der Waals surface area contributed by atoms with Crippen LogP contribution in [0.2, 0.25) is 0 Å². The Labute approximate surface area is 146 Å². The number of rotatable bonds is 6. The lowest BCUT2D eigenvalue weighted by Gasteiger charge is -2.11. The molecule has 0 unspecified atom stereocenters. The second-order valence-electron chi connectivity index (χ2n) is 5.94. The van der Waals surface area contributed by atoms with Crippen LogP contribution in [0.15, 0.2) is 24.3 Å². The van der Waals surface area contributed by atoms with E-state index in [1.165, 1.54) is 0 Å². The monoisotopic (exact) mass is 343 g/mol. The summed E-state index contributed by atoms with van der Waals surface area (Å²) >= 11 is 0. The van der Waals surface area contributed by atoms with Crippen LogP contribution in [0.3, 0.4) is 0 Å². The Kier molecular flexibility index (Phi) is 4.99. The van der Waals surface area contributed by atoms with Gasteiger partial charge in [-0.25, -0.2) is 9.97 Å². The quantitative estimate of drug-likeness (QED) is 0.822. The Morgan fingerprint density at radius 2 is 2.00 bits per heavy atom. The van der Waals surface area contributed by atoms with Gasteiger partial charge >= 0.3 is 0 Å². The van der Waals surface area contributed by atoms with Crippen LogP contribution < -0.4 is 20.1 Å². The molecule has 1 aromatic carbocycles. The predicted molar refractivity (Wildman–Crippen MR) is 93.5 cm³/mol. The second-order valence-corrected chi connectivity index (χ2v) is 5.94. The minimum atomic E-state index is -0.221. The highest BCUT2D eigenvalue weighted by Crippen LogP contribution is 2.34. The van der Waals surface area contributed by atoms with E-state index in [-0.39, 0.29) is 12.7 Å². The fourth-order valence-corrected chi connectivity index (χ4v) is 2.35. The Hall–Kier alpha value is -2.87. The zero-order valence-electron chi connectivity index (χ0n) is 14.5. The number of nitrogens with zero attached hydrogens (tertiary/aromatic N) is 3. The molecule has 1 aliphatic heterocycles. The molecule has 0 atom stereocenters. The number of hydrogen-bond acceptors (Lipinski definition) is 7. The van der Waals surface area contributed by atoms with Crippen molar-refractivity contribution in [2.75, 3.05) is 39.3 Å². The van der Waals surface area contributed by atoms with Gasteiger partial charge in [0.2, 0.25) is 6.79 Å². The van der Waals surface area contributed by atoms with Gasteiger partial charge in [0, 0.05) is 30.9 Å². The summed E-state index contributed by atoms with van der Waals surface area (Å²) in [7, 11) is 3.91. The highest BCUT2D eigenvalue weighted by Gasteiger charge is 2.14. The zero-order valence-corrected chi connectivity index (χ0v) is 14.5. The highest BCUT2D eigenvalue weighted by molar-refractivity contribution is 5.93. The van der Waals surface area contributed by atoms with Crippen LogP contribution in [0.5, 0.6) is 11.5 Å². The molecule has 132 valence electrons. The number of aromatic nitrogens is 2. The highest BCUT2D eigenvalue weighted by atomic mass is 16.7. The zero-order chi connectivity index (χ0) is 17.8. The molecule has 25 heavy (non-hydrogen) atoms. The molecule has 0 bridgehead atoms. The van der Waals surface area contributed by atoms with E-state index in [2.05, 4.69) is 20.6 Å². The van der Waals surface area contributed by atoms with Crippen LogP contribution in [-0.2, 0) is 0 Å². The summed E-state index contributed by atoms with van der Waals surface area (Å²) in [5, 5.41) is 6.02. The molecular formula is C17H21N5O3. The normalized spacial score (nSPS) is 12.3. The van der Waals surface area contributed by atoms with Crippen molar-refractivity contribution >= 4 is 17.4 Å². The van der Waals surface area contributed by atoms with Crippen LogP contribution in [0, 0.1) is 6.92 Å². The first kappa shape index (κ1) is 17.0. The van der Waals surface area contributed by atoms with Crippen LogP contribution in [0.25, 0.3) is 0 Å². The maximum Gasteiger partial charge on any atom is 0.270 e. The molecule has 1 amide bonds. The minimum Gasteiger partial charge on any atom is -0.454 e. The molecule has 0 aliphatic carbocycles. The Morgan fingerprint density at radius 3 is 2.80 bits per heavy atom. The first-order valence-corrected chi connectivity index (χ1v) is 7.96. The number of ether oxygens (including phenoxy) is 2. The molecule has 1 aromatic heterocycles. The van der Waals surface area contributed by atoms with Gasteiger partial charge in [0.25, 0.3) is 5.91 Å². The number of benzene rings is 1. The van der Waals surface area contributed by atoms with Crippen LogP contribution in [0.4, 0.5) is 11.5 Å². The number of amides is 1. The first-order valence-electron chi connectivity index (χ1n) is 7.96. The van der Waals surface area contributed by atoms with Crippen molar-refractivity contribution in [1.82, 2.24) is 20.2 Å². The lowest BCUT2D eigenvalue weighted by molar-refractivity contribution is 0.0945. The Balaban J connectivity index is 1.72. The van der Waals surface area contributed by atoms with Gasteiger partial charge in [0.05, 0.1) is 0 Å². The number of fused-ring (bicyclic) bond motifs is 1. The predicted octanol–water partition coefficient (Wildman–Crippen LogP) is 1.55. The summed E-state index contributed by atoms with van der Waals surface area (Å²) in [6, 6.07) is 7.15. The van der Waals surface area contributed by atoms with Crippen molar-refractivity contribution in [2.24, 2.45) is 0 Å². The maximum absolute atomic E-state index is 12.3. The fourth-order valence-electron chi connectivity index (χ4n) is 2.35. The van der Waals surface area contributed by atoms with Crippen molar-refractivity contribution < 1.29 is 14.3 Å². The summed E-state index contributed by atoms with van der Waals surface area (Å²) in [4.78, 5) is 22.8. The van der Waals surface area contributed by atoms with E-state index in [0.29, 0.717) is 35.4 Å². The lowest BCUT2D eigenvalue weighted by atomic mass is 10.2. The standard InChI is InChI=1S/C17H21N5O3/c1-11-19-13(17(23)18-6-7-22(2)3)9-16(20-11)21-12-4-5-14-15(8-12)25-10-24-14/h4-5,8-9H,6-7,10H2,1-3H3,(H,18,23)(H,19,20,21). The van der Waals surface area contributed by atoms with Gasteiger partial charge in [-0.15, -0.1) is 0 Å². The van der Waals surface area contributed by atoms with Crippen LogP contribution >= 0.6 is 0 Å². The molecular weight excluding hydrogens is 322 g/mol. The van der Waals surface area contributed by atoms with Crippen LogP contribution in [-0.4, -0.2) is 54.8 Å². The molecule has 2 heterocycles. The number of carbonyl (C=O) groups excluding carboxylic acids is 1. The smallest absolute Gasteiger partial charge is 0.270 e. The van der Waals surface area contributed by atoms with Gasteiger partial charge in [-0.3, -0.25) is 4.79 Å². The summed E-state index contributed by atoms with van der Waals surface area (Å²) in [5.74, 6) is 2.23. The van der Waals surface area contributed by atoms with Crippen molar-refractivity contribution in [3.05, 3.63) is 35.8 Å². The molecule has 0 radical (unpaired) electrons. The van der Waals surface area contributed by atoms with Crippen LogP contribution in [0.1, 0.15) is 16.3 Å². The molecule has 3 rings (SSSR count). The van der Waals surface area contributed by atoms with Crippen molar-refractivity contribution in [2.45, 2.75) is 6.92 Å². The number of anilines is 2. The molecule has 2 aromatic rings. The average Bonchev–Trinajstić information content (AvgIpc) is 3.01. The number of likely N-dealkylation sites (N-methyl/N-ethyl adjacent to an activating group) is 1. The fraction of sp³-hybridized carbons (Fsp3) is 0.353. The summed E-state index contributed by atoms with van der Waals surface area (Å²) in [6.45, 7) is 3.29. The molecule has 0 spiro atoms. The largest absolute Gasteiger partial charge is 0.454 e. The van der Waals surface area contributed by atoms with Crippen molar-refractivity contribution in [3.8, 4) is 11.5 Å². The third kappa shape index (κ3) is 4.36. The first-order chi connectivity index (χ1) is 12.0. The van der Waals surface area contributed by atoms with Gasteiger partial charge in [0.15, 0.2) is 11.5 Å². The molecule has 0 saturated carbocycles. The van der Waals surface area contributed by atoms with E-state index < -0.39 is 0 Å². The van der Waals surface area contributed by atoms with Crippen molar-refractivity contribution in [3.63, 3.8) is 0 Å². The van der Waals surface area contributed by atoms with Gasteiger partial charge in [0.1, 0.15) is 17.3 Å². The SMILES string of the molecule is Cc1nc(Nc2ccc3c(c2)OCO3)cc(C(=O)NCCN(C)C)n1. The summed E-state index contributed by atoms with van der Waals surface area (Å²) < 4.78 is 10.7. The summed E-state index contributed by atoms with van der Waals surface area (Å²) in [6.07, 6.45) is 0. The topological polar surface area (TPSA) is 88.6 Å². The third-order valence-electron chi connectivity index (χ3n) is 3.56. The molecule has 8 heteroatoms. The van der Waals surface area contributed by atoms with Gasteiger partial charge in [-0.1, -0.05) is 0 Å². The summed E-state index contributed by atoms with van der Waals surface area (Å²) in [5.41, 5.74) is 1.12. The van der Waals surface area contributed by atoms with Gasteiger partial charge in [-0.2, -0.15) is 0 Å². The number of carbonyl (C=O) groups is 1. The van der Waals surface area contributed by atoms with E-state index >= 15 is 0 Å². The van der Waals surface area contributed by atoms with Gasteiger partial charge < -0.3 is 25.0 Å². The average molecular weight is 343 g/mol. The second kappa shape index (κ2) is 7.35. The minimum absolute atomic E-state index is 0.221. The Morgan fingerprint density at radius 1 is 1.20 bits per heavy atom. The van der Waals surface area contributed by atoms with E-state index in [4.69, 9.17) is 9.47 Å².